The lowest BCUT2D eigenvalue weighted by atomic mass is 9.85. The van der Waals surface area contributed by atoms with Crippen molar-refractivity contribution in [2.24, 2.45) is 5.73 Å². The number of aliphatic hydroxyl groups excluding tert-OH is 1. The van der Waals surface area contributed by atoms with Crippen molar-refractivity contribution in [1.82, 2.24) is 24.5 Å². The Labute approximate surface area is 228 Å². The van der Waals surface area contributed by atoms with Crippen LogP contribution in [0.25, 0.3) is 16.8 Å². The van der Waals surface area contributed by atoms with E-state index < -0.39 is 30.2 Å². The highest BCUT2D eigenvalue weighted by Crippen LogP contribution is 2.48. The van der Waals surface area contributed by atoms with Gasteiger partial charge >= 0.3 is 12.4 Å². The van der Waals surface area contributed by atoms with Gasteiger partial charge in [0.25, 0.3) is 5.54 Å². The Bertz CT molecular complexity index is 1490. The highest BCUT2D eigenvalue weighted by molar-refractivity contribution is 6.00. The van der Waals surface area contributed by atoms with Gasteiger partial charge in [-0.2, -0.15) is 36.0 Å². The molecule has 0 aliphatic carbocycles. The van der Waals surface area contributed by atoms with E-state index in [-0.39, 0.29) is 57.8 Å². The number of carbonyl (C=O) groups excluding carboxylic acids is 2. The maximum Gasteiger partial charge on any atom is 0.421 e. The van der Waals surface area contributed by atoms with Crippen LogP contribution < -0.4 is 11.5 Å². The zero-order valence-corrected chi connectivity index (χ0v) is 21.5. The summed E-state index contributed by atoms with van der Waals surface area (Å²) in [4.78, 5) is 34.7. The lowest BCUT2D eigenvalue weighted by Crippen LogP contribution is -2.61. The minimum Gasteiger partial charge on any atom is -0.387 e. The van der Waals surface area contributed by atoms with Crippen molar-refractivity contribution < 1.29 is 41.0 Å². The summed E-state index contributed by atoms with van der Waals surface area (Å²) >= 11 is 0. The fourth-order valence-corrected chi connectivity index (χ4v) is 6.02. The first-order valence-corrected chi connectivity index (χ1v) is 12.6. The Morgan fingerprint density at radius 3 is 2.15 bits per heavy atom. The van der Waals surface area contributed by atoms with E-state index in [9.17, 15) is 41.0 Å². The molecular formula is C25H25F6N7O3. The number of nitrogen functional groups attached to an aromatic ring is 1. The van der Waals surface area contributed by atoms with Gasteiger partial charge in [-0.3, -0.25) is 14.6 Å². The van der Waals surface area contributed by atoms with E-state index in [2.05, 4.69) is 15.1 Å². The van der Waals surface area contributed by atoms with Gasteiger partial charge in [0.15, 0.2) is 11.4 Å². The van der Waals surface area contributed by atoms with E-state index in [1.54, 1.807) is 4.90 Å². The molecule has 2 atom stereocenters. The topological polar surface area (TPSA) is 153 Å². The van der Waals surface area contributed by atoms with Gasteiger partial charge in [0.2, 0.25) is 5.91 Å². The molecule has 0 saturated carbocycles. The summed E-state index contributed by atoms with van der Waals surface area (Å²) in [5.74, 6) is -1.09. The molecule has 16 heteroatoms. The van der Waals surface area contributed by atoms with E-state index in [1.807, 2.05) is 0 Å². The SMILES string of the molecule is CC(=O)c1c(C2CC3CCC(C2)N3C(=O)CO)nc2c(-c3ccc(C(N)(C(F)(F)F)C(F)(F)F)nc3)cnn2c1N. The highest BCUT2D eigenvalue weighted by atomic mass is 19.4. The monoisotopic (exact) mass is 585 g/mol. The normalized spacial score (nSPS) is 21.5. The number of pyridine rings is 1. The number of piperidine rings is 1. The second-order valence-corrected chi connectivity index (χ2v) is 10.4. The van der Waals surface area contributed by atoms with Crippen LogP contribution in [0.1, 0.15) is 60.3 Å². The van der Waals surface area contributed by atoms with Gasteiger partial charge in [0, 0.05) is 35.3 Å². The smallest absolute Gasteiger partial charge is 0.387 e. The zero-order chi connectivity index (χ0) is 30.1. The number of nitrogens with two attached hydrogens (primary N) is 2. The summed E-state index contributed by atoms with van der Waals surface area (Å²) in [6.07, 6.45) is -7.32. The maximum atomic E-state index is 13.4. The Kier molecular flexibility index (Phi) is 6.76. The van der Waals surface area contributed by atoms with Gasteiger partial charge in [0.1, 0.15) is 12.4 Å². The molecule has 2 bridgehead atoms. The number of anilines is 1. The number of hydrogen-bond donors (Lipinski definition) is 3. The lowest BCUT2D eigenvalue weighted by Gasteiger charge is -2.39. The van der Waals surface area contributed by atoms with Crippen LogP contribution in [-0.2, 0) is 10.3 Å². The molecule has 2 unspecified atom stereocenters. The number of aliphatic hydroxyl groups is 1. The fourth-order valence-electron chi connectivity index (χ4n) is 6.02. The molecule has 3 aromatic rings. The van der Waals surface area contributed by atoms with Crippen molar-refractivity contribution in [2.45, 2.75) is 68.5 Å². The molecule has 0 spiro atoms. The maximum absolute atomic E-state index is 13.4. The van der Waals surface area contributed by atoms with Crippen LogP contribution in [0.2, 0.25) is 0 Å². The molecule has 2 aliphatic heterocycles. The first kappa shape index (κ1) is 28.7. The highest BCUT2D eigenvalue weighted by Gasteiger charge is 2.70. The number of aromatic nitrogens is 4. The van der Waals surface area contributed by atoms with Gasteiger partial charge < -0.3 is 21.5 Å². The van der Waals surface area contributed by atoms with E-state index >= 15 is 0 Å². The van der Waals surface area contributed by atoms with Crippen molar-refractivity contribution in [3.63, 3.8) is 0 Å². The van der Waals surface area contributed by atoms with Crippen LogP contribution in [0.4, 0.5) is 32.2 Å². The second-order valence-electron chi connectivity index (χ2n) is 10.4. The number of Topliss-reactive ketones (excluding diaryl/α,β-unsaturated/α-hetero) is 1. The molecule has 5 heterocycles. The van der Waals surface area contributed by atoms with Gasteiger partial charge in [-0.1, -0.05) is 6.07 Å². The van der Waals surface area contributed by atoms with Crippen molar-refractivity contribution in [3.8, 4) is 11.1 Å². The van der Waals surface area contributed by atoms with Crippen LogP contribution in [0.15, 0.2) is 24.5 Å². The van der Waals surface area contributed by atoms with Crippen molar-refractivity contribution in [3.05, 3.63) is 41.5 Å². The molecule has 1 amide bonds. The number of fused-ring (bicyclic) bond motifs is 3. The van der Waals surface area contributed by atoms with Crippen LogP contribution in [0, 0.1) is 0 Å². The van der Waals surface area contributed by atoms with Crippen molar-refractivity contribution in [2.75, 3.05) is 12.3 Å². The predicted molar refractivity (Wildman–Crippen MR) is 131 cm³/mol. The summed E-state index contributed by atoms with van der Waals surface area (Å²) in [5, 5.41) is 13.5. The molecule has 2 aliphatic rings. The van der Waals surface area contributed by atoms with Crippen LogP contribution in [0.5, 0.6) is 0 Å². The van der Waals surface area contributed by atoms with Gasteiger partial charge in [-0.05, 0) is 38.7 Å². The average molecular weight is 586 g/mol. The molecule has 220 valence electrons. The van der Waals surface area contributed by atoms with Crippen molar-refractivity contribution >= 4 is 23.2 Å². The largest absolute Gasteiger partial charge is 0.421 e. The number of amides is 1. The predicted octanol–water partition coefficient (Wildman–Crippen LogP) is 3.08. The number of hydrogen-bond acceptors (Lipinski definition) is 8. The molecule has 2 saturated heterocycles. The Hall–Kier alpha value is -3.79. The molecular weight excluding hydrogens is 560 g/mol. The standard InChI is InChI=1S/C25H25F6N7O3/c1-11(40)19-20(13-6-14-3-4-15(7-13)37(14)18(41)10-39)36-22-16(9-35-38(22)21(19)32)12-2-5-17(34-8-12)23(33,24(26,27)28)25(29,30)31/h2,5,8-9,13-15,39H,3-4,6-7,10,32-33H2,1H3. The summed E-state index contributed by atoms with van der Waals surface area (Å²) in [6, 6.07) is 1.20. The Morgan fingerprint density at radius 1 is 1.05 bits per heavy atom. The average Bonchev–Trinajstić information content (AvgIpc) is 3.44. The summed E-state index contributed by atoms with van der Waals surface area (Å²) in [5.41, 5.74) is 5.95. The van der Waals surface area contributed by atoms with Gasteiger partial charge in [0.05, 0.1) is 23.1 Å². The summed E-state index contributed by atoms with van der Waals surface area (Å²) < 4.78 is 81.6. The quantitative estimate of drug-likeness (QED) is 0.305. The lowest BCUT2D eigenvalue weighted by molar-refractivity contribution is -0.303. The zero-order valence-electron chi connectivity index (χ0n) is 21.5. The number of alkyl halides is 6. The number of ketones is 1. The van der Waals surface area contributed by atoms with Crippen molar-refractivity contribution in [1.29, 1.82) is 0 Å². The minimum atomic E-state index is -5.87. The van der Waals surface area contributed by atoms with Crippen LogP contribution >= 0.6 is 0 Å². The molecule has 0 aromatic carbocycles. The first-order chi connectivity index (χ1) is 19.1. The number of halogens is 6. The van der Waals surface area contributed by atoms with E-state index in [0.29, 0.717) is 37.4 Å². The molecule has 5 rings (SSSR count). The molecule has 0 radical (unpaired) electrons. The number of carbonyl (C=O) groups is 2. The molecule has 3 aromatic heterocycles. The van der Waals surface area contributed by atoms with Gasteiger partial charge in [-0.15, -0.1) is 0 Å². The Morgan fingerprint density at radius 2 is 1.66 bits per heavy atom. The molecule has 10 nitrogen and oxygen atoms in total. The molecule has 41 heavy (non-hydrogen) atoms. The second kappa shape index (κ2) is 9.65. The Balaban J connectivity index is 1.58. The van der Waals surface area contributed by atoms with E-state index in [4.69, 9.17) is 11.5 Å². The van der Waals surface area contributed by atoms with Crippen LogP contribution in [-0.4, -0.2) is 72.3 Å². The van der Waals surface area contributed by atoms with E-state index in [1.165, 1.54) is 17.6 Å². The number of rotatable bonds is 5. The third kappa shape index (κ3) is 4.39. The van der Waals surface area contributed by atoms with Crippen LogP contribution in [0.3, 0.4) is 0 Å². The van der Waals surface area contributed by atoms with Gasteiger partial charge in [-0.25, -0.2) is 4.98 Å². The first-order valence-electron chi connectivity index (χ1n) is 12.6. The minimum absolute atomic E-state index is 0.0374. The number of nitrogens with zero attached hydrogens (tertiary/aromatic N) is 5. The summed E-state index contributed by atoms with van der Waals surface area (Å²) in [7, 11) is 0. The molecule has 5 N–H and O–H groups in total. The third-order valence-corrected chi connectivity index (χ3v) is 7.98. The van der Waals surface area contributed by atoms with E-state index in [0.717, 1.165) is 12.3 Å². The summed E-state index contributed by atoms with van der Waals surface area (Å²) in [6.45, 7) is 0.700. The fraction of sp³-hybridized carbons (Fsp3) is 0.480. The third-order valence-electron chi connectivity index (χ3n) is 7.98. The molecule has 2 fully saturated rings.